The van der Waals surface area contributed by atoms with E-state index in [1.165, 1.54) is 11.3 Å². The van der Waals surface area contributed by atoms with Gasteiger partial charge in [0.25, 0.3) is 5.91 Å². The second-order valence-corrected chi connectivity index (χ2v) is 7.11. The molecule has 0 fully saturated rings. The lowest BCUT2D eigenvalue weighted by Gasteiger charge is -2.03. The quantitative estimate of drug-likeness (QED) is 0.622. The maximum Gasteiger partial charge on any atom is 0.260 e. The van der Waals surface area contributed by atoms with Crippen LogP contribution in [0.1, 0.15) is 21.5 Å². The Hall–Kier alpha value is -1.50. The third-order valence-corrected chi connectivity index (χ3v) is 5.05. The summed E-state index contributed by atoms with van der Waals surface area (Å²) in [5, 5.41) is 3.50. The smallest absolute Gasteiger partial charge is 0.260 e. The number of amides is 1. The van der Waals surface area contributed by atoms with E-state index >= 15 is 0 Å². The van der Waals surface area contributed by atoms with Crippen LogP contribution in [0.5, 0.6) is 0 Å². The van der Waals surface area contributed by atoms with E-state index in [0.717, 1.165) is 21.3 Å². The van der Waals surface area contributed by atoms with Crippen molar-refractivity contribution in [1.29, 1.82) is 0 Å². The van der Waals surface area contributed by atoms with Crippen molar-refractivity contribution >= 4 is 60.1 Å². The van der Waals surface area contributed by atoms with Crippen LogP contribution in [-0.4, -0.2) is 15.9 Å². The number of benzene rings is 1. The molecular formula is C15H11BrClN3OS. The lowest BCUT2D eigenvalue weighted by molar-refractivity contribution is 0.102. The van der Waals surface area contributed by atoms with Crippen LogP contribution in [0, 0.1) is 13.8 Å². The minimum atomic E-state index is -0.326. The van der Waals surface area contributed by atoms with E-state index in [4.69, 9.17) is 11.6 Å². The molecule has 0 radical (unpaired) electrons. The highest BCUT2D eigenvalue weighted by Crippen LogP contribution is 2.31. The van der Waals surface area contributed by atoms with Crippen LogP contribution in [0.15, 0.2) is 28.9 Å². The molecule has 0 unspecified atom stereocenters. The number of aromatic nitrogens is 2. The number of fused-ring (bicyclic) bond motifs is 1. The Morgan fingerprint density at radius 2 is 2.05 bits per heavy atom. The number of nitrogens with zero attached hydrogens (tertiary/aromatic N) is 2. The lowest BCUT2D eigenvalue weighted by atomic mass is 10.1. The van der Waals surface area contributed by atoms with Gasteiger partial charge in [-0.1, -0.05) is 35.1 Å². The van der Waals surface area contributed by atoms with Gasteiger partial charge in [-0.3, -0.25) is 10.1 Å². The van der Waals surface area contributed by atoms with Gasteiger partial charge in [0.1, 0.15) is 5.15 Å². The molecular weight excluding hydrogens is 386 g/mol. The monoisotopic (exact) mass is 395 g/mol. The number of rotatable bonds is 2. The van der Waals surface area contributed by atoms with Crippen molar-refractivity contribution in [2.75, 3.05) is 5.32 Å². The molecule has 2 heterocycles. The number of carbonyl (C=O) groups is 1. The van der Waals surface area contributed by atoms with Crippen LogP contribution >= 0.6 is 38.9 Å². The van der Waals surface area contributed by atoms with E-state index in [0.29, 0.717) is 15.2 Å². The number of halogens is 2. The van der Waals surface area contributed by atoms with Gasteiger partial charge in [0.15, 0.2) is 5.13 Å². The van der Waals surface area contributed by atoms with Gasteiger partial charge in [0.05, 0.1) is 15.8 Å². The van der Waals surface area contributed by atoms with Crippen molar-refractivity contribution < 1.29 is 4.79 Å². The predicted molar refractivity (Wildman–Crippen MR) is 94.0 cm³/mol. The minimum Gasteiger partial charge on any atom is -0.298 e. The van der Waals surface area contributed by atoms with Crippen molar-refractivity contribution in [2.24, 2.45) is 0 Å². The van der Waals surface area contributed by atoms with Crippen LogP contribution in [0.2, 0.25) is 5.15 Å². The molecule has 7 heteroatoms. The van der Waals surface area contributed by atoms with E-state index in [1.54, 1.807) is 12.3 Å². The fraction of sp³-hybridized carbons (Fsp3) is 0.133. The molecule has 22 heavy (non-hydrogen) atoms. The van der Waals surface area contributed by atoms with Crippen LogP contribution in [0.4, 0.5) is 5.13 Å². The molecule has 3 rings (SSSR count). The second-order valence-electron chi connectivity index (χ2n) is 4.84. The average molecular weight is 397 g/mol. The number of thiazole rings is 1. The first-order chi connectivity index (χ1) is 10.5. The lowest BCUT2D eigenvalue weighted by Crippen LogP contribution is -2.12. The number of nitrogens with one attached hydrogen (secondary N) is 1. The summed E-state index contributed by atoms with van der Waals surface area (Å²) >= 11 is 10.7. The maximum absolute atomic E-state index is 12.3. The molecule has 0 bridgehead atoms. The Bertz CT molecular complexity index is 855. The highest BCUT2D eigenvalue weighted by molar-refractivity contribution is 9.10. The van der Waals surface area contributed by atoms with Crippen molar-refractivity contribution in [3.63, 3.8) is 0 Å². The van der Waals surface area contributed by atoms with Crippen molar-refractivity contribution in [3.8, 4) is 0 Å². The zero-order chi connectivity index (χ0) is 15.9. The largest absolute Gasteiger partial charge is 0.298 e. The standard InChI is InChI=1S/C15H11BrClN3OS/c1-7-3-4-8(2)12-11(7)19-15(22-12)20-14(21)10-5-9(16)6-18-13(10)17/h3-6H,1-2H3,(H,19,20,21). The second kappa shape index (κ2) is 5.95. The maximum atomic E-state index is 12.3. The third-order valence-electron chi connectivity index (χ3n) is 3.21. The Morgan fingerprint density at radius 3 is 2.77 bits per heavy atom. The zero-order valence-electron chi connectivity index (χ0n) is 11.8. The Labute approximate surface area is 144 Å². The Morgan fingerprint density at radius 1 is 1.32 bits per heavy atom. The third kappa shape index (κ3) is 2.86. The fourth-order valence-electron chi connectivity index (χ4n) is 2.06. The Balaban J connectivity index is 1.96. The van der Waals surface area contributed by atoms with Crippen LogP contribution < -0.4 is 5.32 Å². The van der Waals surface area contributed by atoms with Crippen molar-refractivity contribution in [2.45, 2.75) is 13.8 Å². The van der Waals surface area contributed by atoms with Gasteiger partial charge in [-0.05, 0) is 47.0 Å². The summed E-state index contributed by atoms with van der Waals surface area (Å²) in [4.78, 5) is 20.8. The molecule has 0 saturated carbocycles. The van der Waals surface area contributed by atoms with Crippen molar-refractivity contribution in [3.05, 3.63) is 50.7 Å². The molecule has 0 atom stereocenters. The number of hydrogen-bond acceptors (Lipinski definition) is 4. The van der Waals surface area contributed by atoms with Gasteiger partial charge >= 0.3 is 0 Å². The number of carbonyl (C=O) groups excluding carboxylic acids is 1. The molecule has 2 aromatic heterocycles. The highest BCUT2D eigenvalue weighted by Gasteiger charge is 2.15. The number of pyridine rings is 1. The minimum absolute atomic E-state index is 0.161. The molecule has 0 saturated heterocycles. The molecule has 0 spiro atoms. The average Bonchev–Trinajstić information content (AvgIpc) is 2.90. The molecule has 0 aliphatic heterocycles. The van der Waals surface area contributed by atoms with Gasteiger partial charge in [0, 0.05) is 10.7 Å². The molecule has 4 nitrogen and oxygen atoms in total. The summed E-state index contributed by atoms with van der Waals surface area (Å²) in [5.74, 6) is -0.326. The summed E-state index contributed by atoms with van der Waals surface area (Å²) in [5.41, 5.74) is 3.45. The van der Waals surface area contributed by atoms with Crippen LogP contribution in [-0.2, 0) is 0 Å². The molecule has 0 aliphatic carbocycles. The molecule has 0 aliphatic rings. The molecule has 1 N–H and O–H groups in total. The SMILES string of the molecule is Cc1ccc(C)c2sc(NC(=O)c3cc(Br)cnc3Cl)nc12. The highest BCUT2D eigenvalue weighted by atomic mass is 79.9. The topological polar surface area (TPSA) is 54.9 Å². The Kier molecular flexibility index (Phi) is 4.16. The molecule has 3 aromatic rings. The van der Waals surface area contributed by atoms with Crippen LogP contribution in [0.3, 0.4) is 0 Å². The predicted octanol–water partition coefficient (Wildman–Crippen LogP) is 4.98. The number of anilines is 1. The number of aryl methyl sites for hydroxylation is 2. The van der Waals surface area contributed by atoms with Crippen molar-refractivity contribution in [1.82, 2.24) is 9.97 Å². The van der Waals surface area contributed by atoms with Gasteiger partial charge in [0.2, 0.25) is 0 Å². The zero-order valence-corrected chi connectivity index (χ0v) is 14.9. The van der Waals surface area contributed by atoms with Gasteiger partial charge in [-0.25, -0.2) is 9.97 Å². The fourth-order valence-corrected chi connectivity index (χ4v) is 3.59. The first-order valence-electron chi connectivity index (χ1n) is 6.45. The first-order valence-corrected chi connectivity index (χ1v) is 8.43. The molecule has 112 valence electrons. The number of hydrogen-bond donors (Lipinski definition) is 1. The summed E-state index contributed by atoms with van der Waals surface area (Å²) in [6.45, 7) is 4.03. The molecule has 1 aromatic carbocycles. The summed E-state index contributed by atoms with van der Waals surface area (Å²) in [7, 11) is 0. The summed E-state index contributed by atoms with van der Waals surface area (Å²) in [6.07, 6.45) is 1.55. The van der Waals surface area contributed by atoms with E-state index in [2.05, 4.69) is 37.3 Å². The summed E-state index contributed by atoms with van der Waals surface area (Å²) in [6, 6.07) is 5.71. The van der Waals surface area contributed by atoms with E-state index < -0.39 is 0 Å². The van der Waals surface area contributed by atoms with Gasteiger partial charge in [-0.15, -0.1) is 0 Å². The van der Waals surface area contributed by atoms with E-state index in [9.17, 15) is 4.79 Å². The first kappa shape index (κ1) is 15.4. The normalized spacial score (nSPS) is 10.9. The van der Waals surface area contributed by atoms with Gasteiger partial charge in [-0.2, -0.15) is 0 Å². The van der Waals surface area contributed by atoms with Gasteiger partial charge < -0.3 is 0 Å². The molecule has 1 amide bonds. The summed E-state index contributed by atoms with van der Waals surface area (Å²) < 4.78 is 1.77. The van der Waals surface area contributed by atoms with E-state index in [-0.39, 0.29) is 11.1 Å². The van der Waals surface area contributed by atoms with Crippen LogP contribution in [0.25, 0.3) is 10.2 Å². The van der Waals surface area contributed by atoms with E-state index in [1.807, 2.05) is 19.9 Å².